The van der Waals surface area contributed by atoms with Crippen LogP contribution in [0.4, 0.5) is 4.79 Å². The van der Waals surface area contributed by atoms with Crippen molar-refractivity contribution in [1.82, 2.24) is 15.6 Å². The van der Waals surface area contributed by atoms with Crippen LogP contribution < -0.4 is 10.6 Å². The monoisotopic (exact) mass is 303 g/mol. The number of amides is 3. The van der Waals surface area contributed by atoms with E-state index in [0.717, 1.165) is 10.9 Å². The summed E-state index contributed by atoms with van der Waals surface area (Å²) in [5.41, 5.74) is 1.05. The van der Waals surface area contributed by atoms with Gasteiger partial charge in [0.2, 0.25) is 0 Å². The Hall–Kier alpha value is -2.83. The molecule has 0 fully saturated rings. The van der Waals surface area contributed by atoms with Crippen molar-refractivity contribution in [3.8, 4) is 0 Å². The Labute approximate surface area is 127 Å². The lowest BCUT2D eigenvalue weighted by Gasteiger charge is -2.09. The lowest BCUT2D eigenvalue weighted by molar-refractivity contribution is -0.123. The molecule has 7 nitrogen and oxygen atoms in total. The first-order valence-corrected chi connectivity index (χ1v) is 6.81. The first kappa shape index (κ1) is 15.6. The lowest BCUT2D eigenvalue weighted by atomic mass is 10.2. The highest BCUT2D eigenvalue weighted by atomic mass is 16.5. The van der Waals surface area contributed by atoms with Crippen molar-refractivity contribution in [2.24, 2.45) is 0 Å². The predicted molar refractivity (Wildman–Crippen MR) is 80.4 cm³/mol. The van der Waals surface area contributed by atoms with E-state index >= 15 is 0 Å². The number of H-pyrrole nitrogens is 1. The second kappa shape index (κ2) is 6.75. The molecule has 1 aromatic heterocycles. The SMILES string of the molecule is CC(C)NC(=O)NC(=O)COC(=O)c1cc2ccccc2[nH]1. The number of carbonyl (C=O) groups excluding carboxylic acids is 3. The molecule has 0 atom stereocenters. The molecule has 7 heteroatoms. The molecule has 0 saturated heterocycles. The fourth-order valence-electron chi connectivity index (χ4n) is 1.85. The first-order chi connectivity index (χ1) is 10.5. The Morgan fingerprint density at radius 2 is 1.95 bits per heavy atom. The van der Waals surface area contributed by atoms with Crippen LogP contribution in [0.5, 0.6) is 0 Å². The van der Waals surface area contributed by atoms with Gasteiger partial charge in [-0.15, -0.1) is 0 Å². The molecule has 1 heterocycles. The van der Waals surface area contributed by atoms with Gasteiger partial charge in [0.1, 0.15) is 5.69 Å². The molecule has 0 unspecified atom stereocenters. The highest BCUT2D eigenvalue weighted by Gasteiger charge is 2.14. The van der Waals surface area contributed by atoms with E-state index in [1.54, 1.807) is 19.9 Å². The van der Waals surface area contributed by atoms with Gasteiger partial charge in [-0.1, -0.05) is 18.2 Å². The van der Waals surface area contributed by atoms with Crippen molar-refractivity contribution >= 4 is 28.8 Å². The van der Waals surface area contributed by atoms with Crippen LogP contribution in [0.25, 0.3) is 10.9 Å². The zero-order valence-electron chi connectivity index (χ0n) is 12.3. The number of ether oxygens (including phenoxy) is 1. The van der Waals surface area contributed by atoms with E-state index in [0.29, 0.717) is 0 Å². The smallest absolute Gasteiger partial charge is 0.355 e. The van der Waals surface area contributed by atoms with Crippen LogP contribution in [0.1, 0.15) is 24.3 Å². The van der Waals surface area contributed by atoms with Crippen LogP contribution in [-0.4, -0.2) is 35.5 Å². The third-order valence-corrected chi connectivity index (χ3v) is 2.76. The van der Waals surface area contributed by atoms with Crippen LogP contribution in [-0.2, 0) is 9.53 Å². The molecule has 0 saturated carbocycles. The average Bonchev–Trinajstić information content (AvgIpc) is 2.87. The van der Waals surface area contributed by atoms with Gasteiger partial charge >= 0.3 is 12.0 Å². The number of urea groups is 1. The van der Waals surface area contributed by atoms with Crippen LogP contribution in [0.15, 0.2) is 30.3 Å². The number of rotatable bonds is 4. The largest absolute Gasteiger partial charge is 0.451 e. The number of hydrogen-bond donors (Lipinski definition) is 3. The molecule has 0 radical (unpaired) electrons. The summed E-state index contributed by atoms with van der Waals surface area (Å²) >= 11 is 0. The van der Waals surface area contributed by atoms with E-state index in [4.69, 9.17) is 4.74 Å². The molecule has 3 amide bonds. The zero-order chi connectivity index (χ0) is 16.1. The number of imide groups is 1. The minimum absolute atomic E-state index is 0.0956. The molecule has 0 spiro atoms. The Morgan fingerprint density at radius 3 is 2.64 bits per heavy atom. The summed E-state index contributed by atoms with van der Waals surface area (Å²) < 4.78 is 4.86. The van der Waals surface area contributed by atoms with Crippen LogP contribution in [0.3, 0.4) is 0 Å². The van der Waals surface area contributed by atoms with Gasteiger partial charge in [0.15, 0.2) is 6.61 Å². The summed E-state index contributed by atoms with van der Waals surface area (Å²) in [6.07, 6.45) is 0. The molecule has 0 bridgehead atoms. The van der Waals surface area contributed by atoms with E-state index in [2.05, 4.69) is 15.6 Å². The van der Waals surface area contributed by atoms with Crippen molar-refractivity contribution in [2.75, 3.05) is 6.61 Å². The maximum Gasteiger partial charge on any atom is 0.355 e. The molecule has 116 valence electrons. The van der Waals surface area contributed by atoms with Crippen LogP contribution >= 0.6 is 0 Å². The minimum atomic E-state index is -0.692. The average molecular weight is 303 g/mol. The number of benzene rings is 1. The van der Waals surface area contributed by atoms with Crippen LogP contribution in [0.2, 0.25) is 0 Å². The van der Waals surface area contributed by atoms with Gasteiger partial charge in [-0.05, 0) is 26.0 Å². The molecule has 0 aliphatic heterocycles. The fraction of sp³-hybridized carbons (Fsp3) is 0.267. The van der Waals surface area contributed by atoms with Gasteiger partial charge in [-0.3, -0.25) is 10.1 Å². The Balaban J connectivity index is 1.87. The molecule has 2 rings (SSSR count). The second-order valence-corrected chi connectivity index (χ2v) is 5.02. The maximum absolute atomic E-state index is 11.8. The number of esters is 1. The number of aromatic nitrogens is 1. The number of para-hydroxylation sites is 1. The number of carbonyl (C=O) groups is 3. The quantitative estimate of drug-likeness (QED) is 0.746. The number of fused-ring (bicyclic) bond motifs is 1. The summed E-state index contributed by atoms with van der Waals surface area (Å²) in [6.45, 7) is 3.00. The van der Waals surface area contributed by atoms with E-state index < -0.39 is 24.5 Å². The van der Waals surface area contributed by atoms with E-state index in [1.807, 2.05) is 24.3 Å². The minimum Gasteiger partial charge on any atom is -0.451 e. The van der Waals surface area contributed by atoms with Crippen molar-refractivity contribution < 1.29 is 19.1 Å². The van der Waals surface area contributed by atoms with Crippen molar-refractivity contribution in [3.05, 3.63) is 36.0 Å². The molecule has 3 N–H and O–H groups in total. The highest BCUT2D eigenvalue weighted by molar-refractivity contribution is 5.98. The topological polar surface area (TPSA) is 100 Å². The molecule has 2 aromatic rings. The summed E-state index contributed by atoms with van der Waals surface area (Å²) in [6, 6.07) is 8.30. The first-order valence-electron chi connectivity index (χ1n) is 6.81. The van der Waals surface area contributed by atoms with Crippen molar-refractivity contribution in [3.63, 3.8) is 0 Å². The van der Waals surface area contributed by atoms with Gasteiger partial charge < -0.3 is 15.0 Å². The molecular weight excluding hydrogens is 286 g/mol. The second-order valence-electron chi connectivity index (χ2n) is 5.02. The third kappa shape index (κ3) is 4.08. The molecule has 22 heavy (non-hydrogen) atoms. The molecule has 1 aromatic carbocycles. The highest BCUT2D eigenvalue weighted by Crippen LogP contribution is 2.15. The van der Waals surface area contributed by atoms with Gasteiger partial charge in [0.25, 0.3) is 5.91 Å². The molecule has 0 aliphatic rings. The number of nitrogens with one attached hydrogen (secondary N) is 3. The van der Waals surface area contributed by atoms with Gasteiger partial charge in [0, 0.05) is 16.9 Å². The van der Waals surface area contributed by atoms with Crippen molar-refractivity contribution in [1.29, 1.82) is 0 Å². The van der Waals surface area contributed by atoms with Gasteiger partial charge in [-0.25, -0.2) is 9.59 Å². The van der Waals surface area contributed by atoms with Gasteiger partial charge in [0.05, 0.1) is 0 Å². The van der Waals surface area contributed by atoms with Gasteiger partial charge in [-0.2, -0.15) is 0 Å². The summed E-state index contributed by atoms with van der Waals surface area (Å²) in [4.78, 5) is 37.5. The van der Waals surface area contributed by atoms with E-state index in [-0.39, 0.29) is 11.7 Å². The van der Waals surface area contributed by atoms with E-state index in [1.165, 1.54) is 0 Å². The Bertz CT molecular complexity index is 673. The molecular formula is C15H17N3O4. The van der Waals surface area contributed by atoms with E-state index in [9.17, 15) is 14.4 Å². The van der Waals surface area contributed by atoms with Crippen LogP contribution in [0, 0.1) is 0 Å². The normalized spacial score (nSPS) is 10.5. The third-order valence-electron chi connectivity index (χ3n) is 2.76. The summed E-state index contributed by atoms with van der Waals surface area (Å²) in [5.74, 6) is -1.35. The number of aromatic amines is 1. The van der Waals surface area contributed by atoms with Crippen molar-refractivity contribution in [2.45, 2.75) is 19.9 Å². The summed E-state index contributed by atoms with van der Waals surface area (Å²) in [5, 5.41) is 5.43. The Morgan fingerprint density at radius 1 is 1.23 bits per heavy atom. The zero-order valence-corrected chi connectivity index (χ0v) is 12.3. The summed E-state index contributed by atoms with van der Waals surface area (Å²) in [7, 11) is 0. The maximum atomic E-state index is 11.8. The fourth-order valence-corrected chi connectivity index (χ4v) is 1.85. The lowest BCUT2D eigenvalue weighted by Crippen LogP contribution is -2.44. The molecule has 0 aliphatic carbocycles. The number of hydrogen-bond acceptors (Lipinski definition) is 4. The standard InChI is InChI=1S/C15H17N3O4/c1-9(2)16-15(21)18-13(19)8-22-14(20)12-7-10-5-3-4-6-11(10)17-12/h3-7,9,17H,8H2,1-2H3,(H2,16,18,19,21). The Kier molecular flexibility index (Phi) is 4.77. The predicted octanol–water partition coefficient (Wildman–Crippen LogP) is 1.56.